The number of ether oxygens (including phenoxy) is 1. The zero-order valence-corrected chi connectivity index (χ0v) is 17.2. The minimum atomic E-state index is -1.59. The minimum absolute atomic E-state index is 0.00595. The van der Waals surface area contributed by atoms with Gasteiger partial charge in [-0.25, -0.2) is 4.39 Å². The number of rotatable bonds is 2. The molecule has 0 saturated carbocycles. The van der Waals surface area contributed by atoms with E-state index in [1.807, 2.05) is 0 Å². The van der Waals surface area contributed by atoms with Crippen LogP contribution in [0, 0.1) is 0 Å². The Balaban J connectivity index is 2.00. The molecular weight excluding hydrogens is 447 g/mol. The molecule has 2 aromatic rings. The second-order valence-electron chi connectivity index (χ2n) is 7.40. The van der Waals surface area contributed by atoms with Gasteiger partial charge in [-0.1, -0.05) is 28.1 Å². The van der Waals surface area contributed by atoms with Crippen LogP contribution in [0.15, 0.2) is 18.2 Å². The van der Waals surface area contributed by atoms with Crippen molar-refractivity contribution in [3.05, 3.63) is 51.6 Å². The molecule has 0 spiro atoms. The van der Waals surface area contributed by atoms with Gasteiger partial charge in [-0.3, -0.25) is 9.59 Å². The second-order valence-corrected chi connectivity index (χ2v) is 8.87. The summed E-state index contributed by atoms with van der Waals surface area (Å²) < 4.78 is 18.7. The Morgan fingerprint density at radius 3 is 2.38 bits per heavy atom. The number of alkyl halides is 2. The topological polar surface area (TPSA) is 104 Å². The van der Waals surface area contributed by atoms with Crippen LogP contribution in [0.1, 0.15) is 49.9 Å². The van der Waals surface area contributed by atoms with Gasteiger partial charge in [-0.15, -0.1) is 0 Å². The van der Waals surface area contributed by atoms with Crippen LogP contribution in [-0.2, 0) is 12.8 Å². The highest BCUT2D eigenvalue weighted by Crippen LogP contribution is 2.50. The summed E-state index contributed by atoms with van der Waals surface area (Å²) in [6, 6.07) is 4.51. The third-order valence-corrected chi connectivity index (χ3v) is 7.32. The van der Waals surface area contributed by atoms with Gasteiger partial charge in [0.25, 0.3) is 0 Å². The molecule has 3 atom stereocenters. The lowest BCUT2D eigenvalue weighted by Crippen LogP contribution is -2.49. The quantitative estimate of drug-likeness (QED) is 0.397. The molecule has 2 aliphatic carbocycles. The molecule has 4 rings (SSSR count). The highest BCUT2D eigenvalue weighted by Gasteiger charge is 2.49. The Morgan fingerprint density at radius 1 is 1.14 bits per heavy atom. The van der Waals surface area contributed by atoms with Crippen molar-refractivity contribution in [1.29, 1.82) is 0 Å². The Bertz CT molecular complexity index is 1080. The van der Waals surface area contributed by atoms with Crippen LogP contribution in [0.2, 0.25) is 0 Å². The molecule has 8 heteroatoms. The third kappa shape index (κ3) is 2.55. The van der Waals surface area contributed by atoms with E-state index >= 15 is 0 Å². The second kappa shape index (κ2) is 6.53. The number of methoxy groups -OCH3 is 1. The van der Waals surface area contributed by atoms with Crippen molar-refractivity contribution >= 4 is 27.5 Å². The van der Waals surface area contributed by atoms with Crippen LogP contribution < -0.4 is 4.74 Å². The van der Waals surface area contributed by atoms with Gasteiger partial charge in [-0.2, -0.15) is 0 Å². The number of carbonyl (C=O) groups excluding carboxylic acids is 2. The van der Waals surface area contributed by atoms with E-state index in [4.69, 9.17) is 4.74 Å². The van der Waals surface area contributed by atoms with Crippen molar-refractivity contribution in [2.75, 3.05) is 7.11 Å². The molecule has 0 aliphatic heterocycles. The molecule has 0 saturated heterocycles. The Kier molecular flexibility index (Phi) is 4.47. The average Bonchev–Trinajstić information content (AvgIpc) is 2.69. The molecule has 0 radical (unpaired) electrons. The van der Waals surface area contributed by atoms with Crippen LogP contribution in [0.4, 0.5) is 4.39 Å². The molecule has 2 aliphatic rings. The molecule has 2 aromatic carbocycles. The first-order valence-corrected chi connectivity index (χ1v) is 9.79. The number of ketones is 2. The SMILES string of the molecule is COc1cccc2c1C(=O)c1c(O)c3c(c(O)c1C2=O)CC(Br)(C(C)O)C(F)C3. The molecule has 29 heavy (non-hydrogen) atoms. The smallest absolute Gasteiger partial charge is 0.202 e. The summed E-state index contributed by atoms with van der Waals surface area (Å²) in [4.78, 5) is 26.3. The number of hydrogen-bond donors (Lipinski definition) is 3. The predicted molar refractivity (Wildman–Crippen MR) is 105 cm³/mol. The fourth-order valence-corrected chi connectivity index (χ4v) is 4.64. The number of halogens is 2. The molecule has 0 aromatic heterocycles. The summed E-state index contributed by atoms with van der Waals surface area (Å²) in [5.74, 6) is -2.14. The summed E-state index contributed by atoms with van der Waals surface area (Å²) in [5, 5.41) is 31.8. The van der Waals surface area contributed by atoms with E-state index in [2.05, 4.69) is 15.9 Å². The summed E-state index contributed by atoms with van der Waals surface area (Å²) in [5.41, 5.74) is -0.423. The minimum Gasteiger partial charge on any atom is -0.507 e. The highest BCUT2D eigenvalue weighted by atomic mass is 79.9. The van der Waals surface area contributed by atoms with E-state index in [0.717, 1.165) is 0 Å². The van der Waals surface area contributed by atoms with Gasteiger partial charge in [0, 0.05) is 23.1 Å². The lowest BCUT2D eigenvalue weighted by molar-refractivity contribution is 0.0892. The number of phenols is 2. The van der Waals surface area contributed by atoms with Crippen molar-refractivity contribution in [2.24, 2.45) is 0 Å². The van der Waals surface area contributed by atoms with Crippen molar-refractivity contribution in [3.63, 3.8) is 0 Å². The molecule has 0 bridgehead atoms. The number of benzene rings is 2. The maximum absolute atomic E-state index is 14.9. The van der Waals surface area contributed by atoms with E-state index in [-0.39, 0.29) is 52.0 Å². The Morgan fingerprint density at radius 2 is 1.76 bits per heavy atom. The number of phenolic OH excluding ortho intramolecular Hbond substituents is 2. The van der Waals surface area contributed by atoms with Crippen LogP contribution >= 0.6 is 15.9 Å². The van der Waals surface area contributed by atoms with Crippen molar-refractivity contribution in [2.45, 2.75) is 36.4 Å². The third-order valence-electron chi connectivity index (χ3n) is 5.88. The lowest BCUT2D eigenvalue weighted by atomic mass is 9.74. The number of fused-ring (bicyclic) bond motifs is 3. The van der Waals surface area contributed by atoms with Gasteiger partial charge in [0.05, 0.1) is 34.2 Å². The maximum atomic E-state index is 14.9. The molecule has 6 nitrogen and oxygen atoms in total. The summed E-state index contributed by atoms with van der Waals surface area (Å²) in [7, 11) is 1.35. The number of aliphatic hydroxyl groups is 1. The molecule has 0 fully saturated rings. The van der Waals surface area contributed by atoms with Gasteiger partial charge in [-0.05, 0) is 19.4 Å². The normalized spacial score (nSPS) is 23.8. The number of aromatic hydroxyl groups is 2. The number of aliphatic hydroxyl groups excluding tert-OH is 1. The Labute approximate surface area is 174 Å². The fraction of sp³-hybridized carbons (Fsp3) is 0.333. The monoisotopic (exact) mass is 464 g/mol. The van der Waals surface area contributed by atoms with Crippen molar-refractivity contribution in [1.82, 2.24) is 0 Å². The lowest BCUT2D eigenvalue weighted by Gasteiger charge is -2.39. The molecule has 3 unspecified atom stereocenters. The zero-order chi connectivity index (χ0) is 21.2. The van der Waals surface area contributed by atoms with Gasteiger partial charge in [0.1, 0.15) is 23.4 Å². The van der Waals surface area contributed by atoms with E-state index in [9.17, 15) is 29.3 Å². The first-order valence-electron chi connectivity index (χ1n) is 9.00. The zero-order valence-electron chi connectivity index (χ0n) is 15.6. The molecular formula is C21H18BrFO6. The van der Waals surface area contributed by atoms with Crippen LogP contribution in [0.5, 0.6) is 17.2 Å². The Hall–Kier alpha value is -2.45. The van der Waals surface area contributed by atoms with Crippen molar-refractivity contribution < 1.29 is 34.0 Å². The van der Waals surface area contributed by atoms with E-state index < -0.39 is 39.7 Å². The molecule has 3 N–H and O–H groups in total. The average molecular weight is 465 g/mol. The van der Waals surface area contributed by atoms with Crippen LogP contribution in [0.25, 0.3) is 0 Å². The van der Waals surface area contributed by atoms with Crippen LogP contribution in [-0.4, -0.2) is 50.6 Å². The molecule has 0 amide bonds. The molecule has 152 valence electrons. The summed E-state index contributed by atoms with van der Waals surface area (Å²) >= 11 is 3.24. The van der Waals surface area contributed by atoms with Gasteiger partial charge < -0.3 is 20.1 Å². The summed E-state index contributed by atoms with van der Waals surface area (Å²) in [6.45, 7) is 1.42. The van der Waals surface area contributed by atoms with E-state index in [0.29, 0.717) is 0 Å². The van der Waals surface area contributed by atoms with E-state index in [1.54, 1.807) is 6.07 Å². The summed E-state index contributed by atoms with van der Waals surface area (Å²) in [6.07, 6.45) is -3.20. The fourth-order valence-electron chi connectivity index (χ4n) is 4.20. The first kappa shape index (κ1) is 19.8. The van der Waals surface area contributed by atoms with Gasteiger partial charge >= 0.3 is 0 Å². The first-order chi connectivity index (χ1) is 13.6. The van der Waals surface area contributed by atoms with Gasteiger partial charge in [0.2, 0.25) is 5.78 Å². The standard InChI is InChI=1S/C21H18BrFO6/c1-8(24)21(22)7-11-10(6-13(21)23)18(26)16-15(19(11)27)17(25)9-4-3-5-12(29-2)14(9)20(16)28/h3-5,8,13,24,26-27H,6-7H2,1-2H3. The van der Waals surface area contributed by atoms with Crippen LogP contribution in [0.3, 0.4) is 0 Å². The number of carbonyl (C=O) groups is 2. The molecule has 0 heterocycles. The largest absolute Gasteiger partial charge is 0.507 e. The maximum Gasteiger partial charge on any atom is 0.202 e. The predicted octanol–water partition coefficient (Wildman–Crippen LogP) is 2.83. The van der Waals surface area contributed by atoms with Gasteiger partial charge in [0.15, 0.2) is 5.78 Å². The van der Waals surface area contributed by atoms with Crippen molar-refractivity contribution in [3.8, 4) is 17.2 Å². The number of hydrogen-bond acceptors (Lipinski definition) is 6. The van der Waals surface area contributed by atoms with E-state index in [1.165, 1.54) is 26.2 Å². The highest BCUT2D eigenvalue weighted by molar-refractivity contribution is 9.10.